The Labute approximate surface area is 197 Å². The van der Waals surface area contributed by atoms with Gasteiger partial charge in [0, 0.05) is 44.8 Å². The summed E-state index contributed by atoms with van der Waals surface area (Å²) >= 11 is 12.0. The molecule has 0 aromatic heterocycles. The second-order valence-corrected chi connectivity index (χ2v) is 9.16. The van der Waals surface area contributed by atoms with Crippen molar-refractivity contribution >= 4 is 41.0 Å². The highest BCUT2D eigenvalue weighted by molar-refractivity contribution is 6.42. The molecule has 7 nitrogen and oxygen atoms in total. The molecule has 0 unspecified atom stereocenters. The summed E-state index contributed by atoms with van der Waals surface area (Å²) in [6, 6.07) is 5.04. The second-order valence-electron chi connectivity index (χ2n) is 8.35. The Morgan fingerprint density at radius 3 is 2.28 bits per heavy atom. The first-order chi connectivity index (χ1) is 15.3. The van der Waals surface area contributed by atoms with Crippen molar-refractivity contribution < 1.29 is 14.4 Å². The van der Waals surface area contributed by atoms with E-state index in [0.717, 1.165) is 18.4 Å². The lowest BCUT2D eigenvalue weighted by atomic mass is 9.98. The van der Waals surface area contributed by atoms with Crippen molar-refractivity contribution in [3.05, 3.63) is 46.5 Å². The quantitative estimate of drug-likeness (QED) is 0.539. The SMILES string of the molecule is C=CC(=O)N1CC(C(=O)N2CCN(C(=O)NC3(C#Cc4ccc(Cl)c(Cl)c4)CC3)CC2)C1. The van der Waals surface area contributed by atoms with Crippen LogP contribution < -0.4 is 5.32 Å². The summed E-state index contributed by atoms with van der Waals surface area (Å²) in [6.07, 6.45) is 2.86. The monoisotopic (exact) mass is 474 g/mol. The van der Waals surface area contributed by atoms with Gasteiger partial charge in [-0.2, -0.15) is 0 Å². The Morgan fingerprint density at radius 1 is 1.03 bits per heavy atom. The van der Waals surface area contributed by atoms with E-state index in [1.165, 1.54) is 6.08 Å². The van der Waals surface area contributed by atoms with E-state index < -0.39 is 5.54 Å². The van der Waals surface area contributed by atoms with Crippen LogP contribution in [0.2, 0.25) is 10.0 Å². The highest BCUT2D eigenvalue weighted by atomic mass is 35.5. The number of carbonyl (C=O) groups excluding carboxylic acids is 3. The maximum atomic E-state index is 12.7. The summed E-state index contributed by atoms with van der Waals surface area (Å²) in [4.78, 5) is 42.0. The predicted octanol–water partition coefficient (Wildman–Crippen LogP) is 2.38. The molecule has 0 bridgehead atoms. The number of amides is 4. The maximum Gasteiger partial charge on any atom is 0.318 e. The molecule has 3 aliphatic rings. The van der Waals surface area contributed by atoms with E-state index in [9.17, 15) is 14.4 Å². The zero-order valence-electron chi connectivity index (χ0n) is 17.6. The highest BCUT2D eigenvalue weighted by Gasteiger charge is 2.44. The van der Waals surface area contributed by atoms with E-state index in [4.69, 9.17) is 23.2 Å². The topological polar surface area (TPSA) is 73.0 Å². The van der Waals surface area contributed by atoms with E-state index in [2.05, 4.69) is 23.7 Å². The second kappa shape index (κ2) is 9.05. The van der Waals surface area contributed by atoms with Crippen LogP contribution >= 0.6 is 23.2 Å². The molecule has 32 heavy (non-hydrogen) atoms. The molecule has 4 amide bonds. The van der Waals surface area contributed by atoms with Gasteiger partial charge in [0.25, 0.3) is 0 Å². The van der Waals surface area contributed by atoms with Crippen LogP contribution in [0, 0.1) is 17.8 Å². The molecule has 1 N–H and O–H groups in total. The van der Waals surface area contributed by atoms with Gasteiger partial charge in [-0.15, -0.1) is 0 Å². The van der Waals surface area contributed by atoms with Gasteiger partial charge in [0.15, 0.2) is 0 Å². The third kappa shape index (κ3) is 4.87. The van der Waals surface area contributed by atoms with E-state index in [-0.39, 0.29) is 23.8 Å². The van der Waals surface area contributed by atoms with Crippen molar-refractivity contribution in [2.24, 2.45) is 5.92 Å². The molecule has 168 valence electrons. The van der Waals surface area contributed by atoms with Crippen LogP contribution in [0.25, 0.3) is 0 Å². The molecular formula is C23H24Cl2N4O3. The van der Waals surface area contributed by atoms with E-state index in [0.29, 0.717) is 49.3 Å². The van der Waals surface area contributed by atoms with Gasteiger partial charge in [-0.05, 0) is 37.1 Å². The maximum absolute atomic E-state index is 12.7. The fraction of sp³-hybridized carbons (Fsp3) is 0.435. The summed E-state index contributed by atoms with van der Waals surface area (Å²) in [5.74, 6) is 5.98. The number of hydrogen-bond acceptors (Lipinski definition) is 3. The first-order valence-electron chi connectivity index (χ1n) is 10.6. The van der Waals surface area contributed by atoms with Crippen LogP contribution in [0.15, 0.2) is 30.9 Å². The number of piperazine rings is 1. The number of hydrogen-bond donors (Lipinski definition) is 1. The normalized spacial score (nSPS) is 19.4. The molecule has 1 saturated carbocycles. The lowest BCUT2D eigenvalue weighted by molar-refractivity contribution is -0.147. The van der Waals surface area contributed by atoms with Crippen molar-refractivity contribution in [1.29, 1.82) is 0 Å². The van der Waals surface area contributed by atoms with Crippen molar-refractivity contribution in [2.75, 3.05) is 39.3 Å². The van der Waals surface area contributed by atoms with Crippen LogP contribution in [0.1, 0.15) is 18.4 Å². The highest BCUT2D eigenvalue weighted by Crippen LogP contribution is 2.35. The summed E-state index contributed by atoms with van der Waals surface area (Å²) < 4.78 is 0. The van der Waals surface area contributed by atoms with Crippen molar-refractivity contribution in [2.45, 2.75) is 18.4 Å². The minimum absolute atomic E-state index is 0.0457. The molecule has 1 aliphatic carbocycles. The molecule has 9 heteroatoms. The molecule has 2 aliphatic heterocycles. The standard InChI is InChI=1S/C23H24Cl2N4O3/c1-2-20(30)29-14-17(15-29)21(31)27-9-11-28(12-10-27)22(32)26-23(7-8-23)6-5-16-3-4-18(24)19(25)13-16/h2-4,13,17H,1,7-12,14-15H2,(H,26,32). The number of benzene rings is 1. The zero-order valence-corrected chi connectivity index (χ0v) is 19.1. The van der Waals surface area contributed by atoms with E-state index in [1.807, 2.05) is 0 Å². The molecule has 2 saturated heterocycles. The fourth-order valence-corrected chi connectivity index (χ4v) is 4.09. The van der Waals surface area contributed by atoms with Gasteiger partial charge < -0.3 is 20.0 Å². The molecule has 2 heterocycles. The zero-order chi connectivity index (χ0) is 22.9. The Bertz CT molecular complexity index is 1010. The Balaban J connectivity index is 1.26. The lowest BCUT2D eigenvalue weighted by Crippen LogP contribution is -2.60. The average molecular weight is 475 g/mol. The number of nitrogens with zero attached hydrogens (tertiary/aromatic N) is 3. The molecular weight excluding hydrogens is 451 g/mol. The third-order valence-corrected chi connectivity index (χ3v) is 6.80. The van der Waals surface area contributed by atoms with Gasteiger partial charge in [0.05, 0.1) is 16.0 Å². The van der Waals surface area contributed by atoms with Crippen molar-refractivity contribution in [3.8, 4) is 11.8 Å². The molecule has 4 rings (SSSR count). The molecule has 0 radical (unpaired) electrons. The minimum Gasteiger partial charge on any atom is -0.339 e. The molecule has 0 spiro atoms. The van der Waals surface area contributed by atoms with Gasteiger partial charge in [-0.1, -0.05) is 41.6 Å². The number of rotatable bonds is 3. The number of halogens is 2. The third-order valence-electron chi connectivity index (χ3n) is 6.06. The molecule has 1 aromatic carbocycles. The first kappa shape index (κ1) is 22.5. The average Bonchev–Trinajstić information content (AvgIpc) is 3.52. The number of nitrogens with one attached hydrogen (secondary N) is 1. The van der Waals surface area contributed by atoms with Gasteiger partial charge in [0.2, 0.25) is 11.8 Å². The predicted molar refractivity (Wildman–Crippen MR) is 122 cm³/mol. The summed E-state index contributed by atoms with van der Waals surface area (Å²) in [5, 5.41) is 3.97. The van der Waals surface area contributed by atoms with Crippen LogP contribution in [0.3, 0.4) is 0 Å². The minimum atomic E-state index is -0.511. The van der Waals surface area contributed by atoms with E-state index in [1.54, 1.807) is 32.9 Å². The Hall–Kier alpha value is -2.69. The summed E-state index contributed by atoms with van der Waals surface area (Å²) in [6.45, 7) is 6.24. The Morgan fingerprint density at radius 2 is 1.69 bits per heavy atom. The molecule has 0 atom stereocenters. The smallest absolute Gasteiger partial charge is 0.318 e. The molecule has 1 aromatic rings. The Kier molecular flexibility index (Phi) is 6.36. The number of carbonyl (C=O) groups is 3. The van der Waals surface area contributed by atoms with Gasteiger partial charge >= 0.3 is 6.03 Å². The van der Waals surface area contributed by atoms with Gasteiger partial charge in [0.1, 0.15) is 5.54 Å². The number of urea groups is 1. The van der Waals surface area contributed by atoms with Crippen molar-refractivity contribution in [1.82, 2.24) is 20.0 Å². The summed E-state index contributed by atoms with van der Waals surface area (Å²) in [7, 11) is 0. The van der Waals surface area contributed by atoms with Crippen LogP contribution in [0.4, 0.5) is 4.79 Å². The molecule has 3 fully saturated rings. The summed E-state index contributed by atoms with van der Waals surface area (Å²) in [5.41, 5.74) is 0.236. The number of likely N-dealkylation sites (tertiary alicyclic amines) is 1. The van der Waals surface area contributed by atoms with E-state index >= 15 is 0 Å². The van der Waals surface area contributed by atoms with Crippen LogP contribution in [0.5, 0.6) is 0 Å². The fourth-order valence-electron chi connectivity index (χ4n) is 3.79. The first-order valence-corrected chi connectivity index (χ1v) is 11.3. The van der Waals surface area contributed by atoms with Crippen molar-refractivity contribution in [3.63, 3.8) is 0 Å². The lowest BCUT2D eigenvalue weighted by Gasteiger charge is -2.42. The largest absolute Gasteiger partial charge is 0.339 e. The van der Waals surface area contributed by atoms with Gasteiger partial charge in [-0.3, -0.25) is 9.59 Å². The van der Waals surface area contributed by atoms with Gasteiger partial charge in [-0.25, -0.2) is 4.79 Å². The van der Waals surface area contributed by atoms with Crippen LogP contribution in [-0.2, 0) is 9.59 Å². The van der Waals surface area contributed by atoms with Crippen LogP contribution in [-0.4, -0.2) is 77.4 Å².